The number of benzene rings is 3. The molecular formula is C28H31FN2O4. The van der Waals surface area contributed by atoms with Crippen LogP contribution in [0.15, 0.2) is 72.8 Å². The maximum absolute atomic E-state index is 14.5. The number of methoxy groups -OCH3 is 2. The lowest BCUT2D eigenvalue weighted by atomic mass is 10.0. The first-order valence-electron chi connectivity index (χ1n) is 11.5. The Hall–Kier alpha value is -3.87. The third-order valence-electron chi connectivity index (χ3n) is 5.89. The Morgan fingerprint density at radius 1 is 0.914 bits per heavy atom. The smallest absolute Gasteiger partial charge is 0.242 e. The van der Waals surface area contributed by atoms with Gasteiger partial charge in [-0.05, 0) is 35.7 Å². The lowest BCUT2D eigenvalue weighted by molar-refractivity contribution is -0.141. The average molecular weight is 479 g/mol. The van der Waals surface area contributed by atoms with Crippen LogP contribution in [-0.2, 0) is 29.0 Å². The minimum Gasteiger partial charge on any atom is -0.493 e. The van der Waals surface area contributed by atoms with E-state index in [-0.39, 0.29) is 24.8 Å². The van der Waals surface area contributed by atoms with E-state index in [9.17, 15) is 14.0 Å². The number of nitrogens with one attached hydrogen (secondary N) is 1. The first-order chi connectivity index (χ1) is 17.0. The summed E-state index contributed by atoms with van der Waals surface area (Å²) < 4.78 is 25.2. The lowest BCUT2D eigenvalue weighted by Gasteiger charge is -2.31. The van der Waals surface area contributed by atoms with Gasteiger partial charge >= 0.3 is 0 Å². The van der Waals surface area contributed by atoms with Crippen LogP contribution in [0.25, 0.3) is 0 Å². The average Bonchev–Trinajstić information content (AvgIpc) is 2.90. The summed E-state index contributed by atoms with van der Waals surface area (Å²) in [4.78, 5) is 27.9. The molecule has 0 saturated heterocycles. The van der Waals surface area contributed by atoms with E-state index >= 15 is 0 Å². The number of hydrogen-bond donors (Lipinski definition) is 1. The summed E-state index contributed by atoms with van der Waals surface area (Å²) in [7, 11) is 4.66. The van der Waals surface area contributed by atoms with Gasteiger partial charge in [-0.3, -0.25) is 9.59 Å². The fraction of sp³-hybridized carbons (Fsp3) is 0.286. The van der Waals surface area contributed by atoms with Gasteiger partial charge in [-0.1, -0.05) is 54.6 Å². The van der Waals surface area contributed by atoms with Crippen molar-refractivity contribution >= 4 is 11.8 Å². The van der Waals surface area contributed by atoms with Gasteiger partial charge in [0.1, 0.15) is 11.9 Å². The summed E-state index contributed by atoms with van der Waals surface area (Å²) in [5.41, 5.74) is 2.16. The third-order valence-corrected chi connectivity index (χ3v) is 5.89. The van der Waals surface area contributed by atoms with Crippen molar-refractivity contribution in [2.24, 2.45) is 0 Å². The molecule has 1 N–H and O–H groups in total. The summed E-state index contributed by atoms with van der Waals surface area (Å²) in [6, 6.07) is 20.5. The normalized spacial score (nSPS) is 11.4. The van der Waals surface area contributed by atoms with Crippen molar-refractivity contribution in [3.8, 4) is 11.5 Å². The second kappa shape index (κ2) is 12.6. The van der Waals surface area contributed by atoms with Crippen molar-refractivity contribution in [2.45, 2.75) is 31.8 Å². The van der Waals surface area contributed by atoms with Crippen LogP contribution in [0.4, 0.5) is 4.39 Å². The van der Waals surface area contributed by atoms with Crippen LogP contribution < -0.4 is 14.8 Å². The molecule has 0 aliphatic heterocycles. The van der Waals surface area contributed by atoms with Crippen molar-refractivity contribution in [1.29, 1.82) is 0 Å². The minimum atomic E-state index is -0.792. The molecule has 0 bridgehead atoms. The highest BCUT2D eigenvalue weighted by Gasteiger charge is 2.30. The monoisotopic (exact) mass is 478 g/mol. The van der Waals surface area contributed by atoms with Gasteiger partial charge in [-0.15, -0.1) is 0 Å². The highest BCUT2D eigenvalue weighted by atomic mass is 19.1. The van der Waals surface area contributed by atoms with Gasteiger partial charge in [0.05, 0.1) is 14.2 Å². The van der Waals surface area contributed by atoms with Gasteiger partial charge in [0.15, 0.2) is 11.5 Å². The summed E-state index contributed by atoms with van der Waals surface area (Å²) in [6.45, 7) is -0.0115. The molecule has 0 aromatic heterocycles. The summed E-state index contributed by atoms with van der Waals surface area (Å²) >= 11 is 0. The van der Waals surface area contributed by atoms with E-state index in [1.54, 1.807) is 38.5 Å². The quantitative estimate of drug-likeness (QED) is 0.449. The van der Waals surface area contributed by atoms with Crippen molar-refractivity contribution in [3.63, 3.8) is 0 Å². The third kappa shape index (κ3) is 6.82. The van der Waals surface area contributed by atoms with E-state index in [2.05, 4.69) is 5.32 Å². The highest BCUT2D eigenvalue weighted by molar-refractivity contribution is 5.88. The maximum Gasteiger partial charge on any atom is 0.242 e. The number of halogens is 1. The van der Waals surface area contributed by atoms with E-state index in [0.29, 0.717) is 29.9 Å². The second-order valence-corrected chi connectivity index (χ2v) is 8.12. The van der Waals surface area contributed by atoms with Crippen LogP contribution in [0.5, 0.6) is 11.5 Å². The Labute approximate surface area is 205 Å². The molecule has 0 heterocycles. The number of hydrogen-bond acceptors (Lipinski definition) is 4. The van der Waals surface area contributed by atoms with Crippen LogP contribution in [0.1, 0.15) is 23.1 Å². The molecule has 3 aromatic rings. The molecular weight excluding hydrogens is 447 g/mol. The number of likely N-dealkylation sites (N-methyl/N-ethyl adjacent to an activating group) is 1. The first kappa shape index (κ1) is 25.7. The summed E-state index contributed by atoms with van der Waals surface area (Å²) in [5.74, 6) is 0.220. The molecule has 0 unspecified atom stereocenters. The zero-order valence-electron chi connectivity index (χ0n) is 20.3. The molecule has 0 spiro atoms. The number of amides is 2. The Bertz CT molecular complexity index is 1140. The molecule has 6 nitrogen and oxygen atoms in total. The lowest BCUT2D eigenvalue weighted by Crippen LogP contribution is -2.49. The topological polar surface area (TPSA) is 67.9 Å². The van der Waals surface area contributed by atoms with Crippen LogP contribution in [-0.4, -0.2) is 44.0 Å². The van der Waals surface area contributed by atoms with Crippen LogP contribution in [0.3, 0.4) is 0 Å². The number of carbonyl (C=O) groups is 2. The van der Waals surface area contributed by atoms with E-state index in [1.165, 1.54) is 18.0 Å². The number of carbonyl (C=O) groups excluding carboxylic acids is 2. The summed E-state index contributed by atoms with van der Waals surface area (Å²) in [5, 5.41) is 2.67. The van der Waals surface area contributed by atoms with Crippen LogP contribution in [0, 0.1) is 5.82 Å². The van der Waals surface area contributed by atoms with E-state index in [1.807, 2.05) is 42.5 Å². The molecule has 0 aliphatic carbocycles. The van der Waals surface area contributed by atoms with Crippen molar-refractivity contribution < 1.29 is 23.5 Å². The van der Waals surface area contributed by atoms with E-state index in [0.717, 1.165) is 11.1 Å². The minimum absolute atomic E-state index is 0.0115. The van der Waals surface area contributed by atoms with Crippen molar-refractivity contribution in [2.75, 3.05) is 21.3 Å². The standard InChI is InChI=1S/C28H31FN2O4/c1-30-28(33)24(17-20-9-5-4-6-10-20)31(19-22-11-7-8-12-23(22)29)27(32)16-14-21-13-15-25(34-2)26(18-21)35-3/h4-13,15,18,24H,14,16-17,19H2,1-3H3,(H,30,33)/t24-/m0/s1. The largest absolute Gasteiger partial charge is 0.493 e. The molecule has 35 heavy (non-hydrogen) atoms. The van der Waals surface area contributed by atoms with Gasteiger partial charge in [-0.25, -0.2) is 4.39 Å². The Morgan fingerprint density at radius 3 is 2.26 bits per heavy atom. The zero-order valence-corrected chi connectivity index (χ0v) is 20.3. The SMILES string of the molecule is CNC(=O)[C@H](Cc1ccccc1)N(Cc1ccccc1F)C(=O)CCc1ccc(OC)c(OC)c1. The second-order valence-electron chi connectivity index (χ2n) is 8.12. The van der Waals surface area contributed by atoms with Crippen molar-refractivity contribution in [3.05, 3.63) is 95.3 Å². The maximum atomic E-state index is 14.5. The number of nitrogens with zero attached hydrogens (tertiary/aromatic N) is 1. The predicted octanol–water partition coefficient (Wildman–Crippen LogP) is 4.16. The van der Waals surface area contributed by atoms with E-state index in [4.69, 9.17) is 9.47 Å². The predicted molar refractivity (Wildman–Crippen MR) is 133 cm³/mol. The molecule has 0 saturated carbocycles. The molecule has 0 aliphatic rings. The molecule has 3 aromatic carbocycles. The highest BCUT2D eigenvalue weighted by Crippen LogP contribution is 2.28. The molecule has 0 fully saturated rings. The molecule has 1 atom stereocenters. The van der Waals surface area contributed by atoms with Gasteiger partial charge in [0.25, 0.3) is 0 Å². The first-order valence-corrected chi connectivity index (χ1v) is 11.5. The van der Waals surface area contributed by atoms with Gasteiger partial charge in [0.2, 0.25) is 11.8 Å². The van der Waals surface area contributed by atoms with Crippen LogP contribution >= 0.6 is 0 Å². The Balaban J connectivity index is 1.88. The van der Waals surface area contributed by atoms with Gasteiger partial charge < -0.3 is 19.7 Å². The van der Waals surface area contributed by atoms with E-state index < -0.39 is 11.9 Å². The molecule has 3 rings (SSSR count). The summed E-state index contributed by atoms with van der Waals surface area (Å²) in [6.07, 6.45) is 0.891. The van der Waals surface area contributed by atoms with Crippen LogP contribution in [0.2, 0.25) is 0 Å². The molecule has 7 heteroatoms. The molecule has 2 amide bonds. The van der Waals surface area contributed by atoms with Crippen molar-refractivity contribution in [1.82, 2.24) is 10.2 Å². The number of aryl methyl sites for hydroxylation is 1. The number of ether oxygens (including phenoxy) is 2. The molecule has 0 radical (unpaired) electrons. The fourth-order valence-corrected chi connectivity index (χ4v) is 3.96. The van der Waals surface area contributed by atoms with Gasteiger partial charge in [-0.2, -0.15) is 0 Å². The fourth-order valence-electron chi connectivity index (χ4n) is 3.96. The number of rotatable bonds is 11. The molecule has 184 valence electrons. The Kier molecular flexibility index (Phi) is 9.23. The zero-order chi connectivity index (χ0) is 25.2. The van der Waals surface area contributed by atoms with Gasteiger partial charge in [0, 0.05) is 32.0 Å². The Morgan fingerprint density at radius 2 is 1.60 bits per heavy atom.